The maximum Gasteiger partial charge on any atom is 0.300 e. The van der Waals surface area contributed by atoms with Gasteiger partial charge in [-0.05, 0) is 16.4 Å². The van der Waals surface area contributed by atoms with Gasteiger partial charge in [0.25, 0.3) is 0 Å². The fraction of sp³-hybridized carbons (Fsp3) is 0.312. The summed E-state index contributed by atoms with van der Waals surface area (Å²) in [4.78, 5) is 23.7. The third-order valence-electron chi connectivity index (χ3n) is 4.96. The number of aromatic nitrogens is 6. The average molecular weight is 462 g/mol. The van der Waals surface area contributed by atoms with Crippen molar-refractivity contribution in [3.63, 3.8) is 0 Å². The predicted octanol–water partition coefficient (Wildman–Crippen LogP) is -0.384. The van der Waals surface area contributed by atoms with Gasteiger partial charge in [0.15, 0.2) is 17.4 Å². The van der Waals surface area contributed by atoms with Gasteiger partial charge in [0.2, 0.25) is 11.5 Å². The van der Waals surface area contributed by atoms with E-state index in [4.69, 9.17) is 10.5 Å². The van der Waals surface area contributed by atoms with Crippen LogP contribution in [-0.4, -0.2) is 75.0 Å². The van der Waals surface area contributed by atoms with Crippen molar-refractivity contribution < 1.29 is 29.6 Å². The minimum atomic E-state index is -1.34. The molecule has 0 bridgehead atoms. The SMILES string of the molecule is Nc1nc(Sc2ccc([N+](=O)[O-])c3nonc23)c2ncn([C@@H]3O[C@H](CO)[C@@H](O)[C@H]3O)c2n1. The average Bonchev–Trinajstić information content (AvgIpc) is 3.47. The first-order valence-electron chi connectivity index (χ1n) is 9.09. The van der Waals surface area contributed by atoms with Crippen LogP contribution in [0.1, 0.15) is 6.23 Å². The lowest BCUT2D eigenvalue weighted by molar-refractivity contribution is -0.383. The van der Waals surface area contributed by atoms with Crippen LogP contribution in [0.2, 0.25) is 0 Å². The molecule has 0 aliphatic carbocycles. The van der Waals surface area contributed by atoms with Crippen molar-refractivity contribution in [2.24, 2.45) is 0 Å². The summed E-state index contributed by atoms with van der Waals surface area (Å²) in [7, 11) is 0. The number of benzene rings is 1. The van der Waals surface area contributed by atoms with E-state index >= 15 is 0 Å². The number of anilines is 1. The topological polar surface area (TPSA) is 222 Å². The summed E-state index contributed by atoms with van der Waals surface area (Å²) < 4.78 is 11.6. The summed E-state index contributed by atoms with van der Waals surface area (Å²) >= 11 is 1.06. The molecule has 0 saturated carbocycles. The lowest BCUT2D eigenvalue weighted by Crippen LogP contribution is -2.33. The Kier molecular flexibility index (Phi) is 4.86. The summed E-state index contributed by atoms with van der Waals surface area (Å²) in [6.07, 6.45) is -3.35. The van der Waals surface area contributed by atoms with Crippen molar-refractivity contribution in [1.29, 1.82) is 0 Å². The molecule has 32 heavy (non-hydrogen) atoms. The lowest BCUT2D eigenvalue weighted by Gasteiger charge is -2.16. The highest BCUT2D eigenvalue weighted by molar-refractivity contribution is 7.99. The standard InChI is InChI=1S/C16H14N8O7S/c17-16-19-13-10(18-4-23(13)15-12(27)11(26)6(3-25)30-15)14(20-16)32-7-2-1-5(24(28)29)8-9(7)22-31-21-8/h1-2,4,6,11-12,15,25-27H,3H2,(H2,17,19,20)/t6-,11-,12-,15-/m1/s1. The minimum absolute atomic E-state index is 0.0182. The highest BCUT2D eigenvalue weighted by Crippen LogP contribution is 2.38. The van der Waals surface area contributed by atoms with E-state index < -0.39 is 36.1 Å². The number of fused-ring (bicyclic) bond motifs is 2. The summed E-state index contributed by atoms with van der Waals surface area (Å²) in [5.41, 5.74) is 6.27. The van der Waals surface area contributed by atoms with Gasteiger partial charge in [-0.2, -0.15) is 4.98 Å². The first kappa shape index (κ1) is 20.5. The van der Waals surface area contributed by atoms with Crippen LogP contribution >= 0.6 is 11.8 Å². The monoisotopic (exact) mass is 462 g/mol. The third kappa shape index (κ3) is 3.12. The maximum atomic E-state index is 11.2. The molecule has 0 amide bonds. The van der Waals surface area contributed by atoms with Crippen molar-refractivity contribution in [2.75, 3.05) is 12.3 Å². The predicted molar refractivity (Wildman–Crippen MR) is 105 cm³/mol. The van der Waals surface area contributed by atoms with Crippen LogP contribution in [0.15, 0.2) is 33.0 Å². The first-order chi connectivity index (χ1) is 15.4. The van der Waals surface area contributed by atoms with Gasteiger partial charge in [0.05, 0.1) is 17.9 Å². The largest absolute Gasteiger partial charge is 0.394 e. The molecule has 4 aromatic rings. The van der Waals surface area contributed by atoms with Crippen LogP contribution in [0, 0.1) is 10.1 Å². The smallest absolute Gasteiger partial charge is 0.300 e. The zero-order valence-corrected chi connectivity index (χ0v) is 16.7. The molecule has 1 aliphatic rings. The molecule has 1 aliphatic heterocycles. The molecule has 5 N–H and O–H groups in total. The molecule has 166 valence electrons. The van der Waals surface area contributed by atoms with Gasteiger partial charge >= 0.3 is 5.69 Å². The highest BCUT2D eigenvalue weighted by Gasteiger charge is 2.44. The summed E-state index contributed by atoms with van der Waals surface area (Å²) in [6.45, 7) is -0.485. The molecule has 4 heterocycles. The second kappa shape index (κ2) is 7.61. The Morgan fingerprint density at radius 2 is 1.97 bits per heavy atom. The number of imidazole rings is 1. The fourth-order valence-corrected chi connectivity index (χ4v) is 4.39. The van der Waals surface area contributed by atoms with E-state index in [9.17, 15) is 25.4 Å². The zero-order valence-electron chi connectivity index (χ0n) is 15.8. The number of nitrogens with two attached hydrogens (primary N) is 1. The normalized spacial score (nSPS) is 23.3. The number of nitro benzene ring substituents is 1. The van der Waals surface area contributed by atoms with Crippen molar-refractivity contribution in [2.45, 2.75) is 34.5 Å². The van der Waals surface area contributed by atoms with Crippen molar-refractivity contribution in [1.82, 2.24) is 29.8 Å². The van der Waals surface area contributed by atoms with E-state index in [1.54, 1.807) is 0 Å². The van der Waals surface area contributed by atoms with Gasteiger partial charge < -0.3 is 25.8 Å². The van der Waals surface area contributed by atoms with E-state index in [-0.39, 0.29) is 28.3 Å². The molecule has 0 unspecified atom stereocenters. The van der Waals surface area contributed by atoms with Gasteiger partial charge in [-0.25, -0.2) is 14.6 Å². The molecular formula is C16H14N8O7S. The van der Waals surface area contributed by atoms with E-state index in [1.165, 1.54) is 23.0 Å². The Hall–Kier alpha value is -3.44. The molecule has 0 radical (unpaired) electrons. The number of nitrogen functional groups attached to an aromatic ring is 1. The molecule has 5 rings (SSSR count). The molecule has 3 aromatic heterocycles. The van der Waals surface area contributed by atoms with Gasteiger partial charge in [-0.15, -0.1) is 0 Å². The molecule has 15 nitrogen and oxygen atoms in total. The van der Waals surface area contributed by atoms with Crippen LogP contribution < -0.4 is 5.73 Å². The quantitative estimate of drug-likeness (QED) is 0.169. The number of nitrogens with zero attached hydrogens (tertiary/aromatic N) is 7. The van der Waals surface area contributed by atoms with Crippen molar-refractivity contribution >= 4 is 45.6 Å². The number of ether oxygens (including phenoxy) is 1. The first-order valence-corrected chi connectivity index (χ1v) is 9.90. The van der Waals surface area contributed by atoms with Crippen LogP contribution in [0.5, 0.6) is 0 Å². The molecule has 0 spiro atoms. The van der Waals surface area contributed by atoms with E-state index in [2.05, 4.69) is 29.9 Å². The van der Waals surface area contributed by atoms with E-state index in [0.29, 0.717) is 15.4 Å². The second-order valence-electron chi connectivity index (χ2n) is 6.84. The Balaban J connectivity index is 1.57. The van der Waals surface area contributed by atoms with Gasteiger partial charge in [-0.1, -0.05) is 11.8 Å². The van der Waals surface area contributed by atoms with E-state index in [0.717, 1.165) is 11.8 Å². The molecule has 1 aromatic carbocycles. The summed E-state index contributed by atoms with van der Waals surface area (Å²) in [5.74, 6) is -0.107. The molecule has 1 fully saturated rings. The van der Waals surface area contributed by atoms with Gasteiger partial charge in [0, 0.05) is 11.0 Å². The fourth-order valence-electron chi connectivity index (χ4n) is 3.44. The number of hydrogen-bond acceptors (Lipinski definition) is 14. The van der Waals surface area contributed by atoms with Crippen LogP contribution in [0.25, 0.3) is 22.2 Å². The number of hydrogen-bond donors (Lipinski definition) is 4. The number of aliphatic hydroxyl groups excluding tert-OH is 3. The zero-order chi connectivity index (χ0) is 22.6. The summed E-state index contributed by atoms with van der Waals surface area (Å²) in [6, 6.07) is 2.75. The molecule has 1 saturated heterocycles. The van der Waals surface area contributed by atoms with Crippen molar-refractivity contribution in [3.05, 3.63) is 28.6 Å². The van der Waals surface area contributed by atoms with E-state index in [1.807, 2.05) is 0 Å². The maximum absolute atomic E-state index is 11.2. The van der Waals surface area contributed by atoms with Crippen LogP contribution in [0.4, 0.5) is 11.6 Å². The van der Waals surface area contributed by atoms with Crippen LogP contribution in [-0.2, 0) is 4.74 Å². The number of aliphatic hydroxyl groups is 3. The highest BCUT2D eigenvalue weighted by atomic mass is 32.2. The minimum Gasteiger partial charge on any atom is -0.394 e. The molecular weight excluding hydrogens is 448 g/mol. The molecule has 4 atom stereocenters. The molecule has 16 heteroatoms. The Morgan fingerprint density at radius 1 is 1.19 bits per heavy atom. The third-order valence-corrected chi connectivity index (χ3v) is 5.99. The Bertz CT molecular complexity index is 1340. The lowest BCUT2D eigenvalue weighted by atomic mass is 10.1. The van der Waals surface area contributed by atoms with Crippen molar-refractivity contribution in [3.8, 4) is 0 Å². The Labute approximate surface area is 180 Å². The van der Waals surface area contributed by atoms with Gasteiger partial charge in [0.1, 0.15) is 28.9 Å². The van der Waals surface area contributed by atoms with Gasteiger partial charge in [-0.3, -0.25) is 14.7 Å². The second-order valence-corrected chi connectivity index (χ2v) is 7.87. The van der Waals surface area contributed by atoms with Crippen LogP contribution in [0.3, 0.4) is 0 Å². The Morgan fingerprint density at radius 3 is 2.69 bits per heavy atom. The summed E-state index contributed by atoms with van der Waals surface area (Å²) in [5, 5.41) is 48.6. The number of nitro groups is 1. The number of rotatable bonds is 5. The number of non-ortho nitro benzene ring substituents is 1.